The second-order valence-corrected chi connectivity index (χ2v) is 7.75. The van der Waals surface area contributed by atoms with Gasteiger partial charge in [0.25, 0.3) is 11.0 Å². The highest BCUT2D eigenvalue weighted by Crippen LogP contribution is 2.28. The minimum atomic E-state index is -2.47. The van der Waals surface area contributed by atoms with Gasteiger partial charge in [0.2, 0.25) is 11.8 Å². The van der Waals surface area contributed by atoms with Crippen molar-refractivity contribution in [3.8, 4) is 11.5 Å². The molecule has 0 aliphatic carbocycles. The van der Waals surface area contributed by atoms with E-state index in [1.54, 1.807) is 19.1 Å². The van der Waals surface area contributed by atoms with E-state index in [9.17, 15) is 13.6 Å². The van der Waals surface area contributed by atoms with Gasteiger partial charge in [-0.15, -0.1) is 10.2 Å². The number of thioether (sulfide) groups is 2. The molecule has 0 radical (unpaired) electrons. The predicted molar refractivity (Wildman–Crippen MR) is 102 cm³/mol. The second kappa shape index (κ2) is 9.01. The highest BCUT2D eigenvalue weighted by Gasteiger charge is 2.19. The lowest BCUT2D eigenvalue weighted by Gasteiger charge is -2.10. The van der Waals surface area contributed by atoms with Crippen molar-refractivity contribution in [1.29, 1.82) is 0 Å². The van der Waals surface area contributed by atoms with Crippen molar-refractivity contribution in [3.63, 3.8) is 0 Å². The molecule has 1 amide bonds. The van der Waals surface area contributed by atoms with Gasteiger partial charge in [0.15, 0.2) is 0 Å². The Kier molecular flexibility index (Phi) is 6.46. The number of hydrogen-bond acceptors (Lipinski definition) is 6. The first-order valence-corrected chi connectivity index (χ1v) is 9.68. The second-order valence-electron chi connectivity index (χ2n) is 5.39. The van der Waals surface area contributed by atoms with E-state index < -0.39 is 11.0 Å². The zero-order chi connectivity index (χ0) is 19.2. The van der Waals surface area contributed by atoms with Gasteiger partial charge in [-0.25, -0.2) is 0 Å². The van der Waals surface area contributed by atoms with E-state index in [4.69, 9.17) is 4.42 Å². The van der Waals surface area contributed by atoms with Gasteiger partial charge in [-0.05, 0) is 43.3 Å². The molecule has 2 aromatic carbocycles. The van der Waals surface area contributed by atoms with Crippen LogP contribution in [0.4, 0.5) is 14.5 Å². The molecule has 0 fully saturated rings. The lowest BCUT2D eigenvalue weighted by atomic mass is 10.2. The van der Waals surface area contributed by atoms with Crippen molar-refractivity contribution in [1.82, 2.24) is 10.2 Å². The lowest BCUT2D eigenvalue weighted by molar-refractivity contribution is -0.115. The third-order valence-electron chi connectivity index (χ3n) is 3.42. The van der Waals surface area contributed by atoms with Crippen LogP contribution in [0.25, 0.3) is 11.5 Å². The third kappa shape index (κ3) is 5.54. The summed E-state index contributed by atoms with van der Waals surface area (Å²) in [6.07, 6.45) is 0. The Bertz CT molecular complexity index is 889. The van der Waals surface area contributed by atoms with Gasteiger partial charge >= 0.3 is 0 Å². The fourth-order valence-electron chi connectivity index (χ4n) is 2.12. The van der Waals surface area contributed by atoms with E-state index in [1.165, 1.54) is 12.1 Å². The van der Waals surface area contributed by atoms with Crippen molar-refractivity contribution < 1.29 is 18.0 Å². The topological polar surface area (TPSA) is 68.0 Å². The van der Waals surface area contributed by atoms with E-state index >= 15 is 0 Å². The molecule has 27 heavy (non-hydrogen) atoms. The Hall–Kier alpha value is -2.39. The quantitative estimate of drug-likeness (QED) is 0.545. The minimum Gasteiger partial charge on any atom is -0.411 e. The molecule has 1 heterocycles. The number of benzene rings is 2. The zero-order valence-corrected chi connectivity index (χ0v) is 15.8. The summed E-state index contributed by atoms with van der Waals surface area (Å²) in [7, 11) is 0. The van der Waals surface area contributed by atoms with Crippen LogP contribution in [0.5, 0.6) is 0 Å². The SMILES string of the molecule is C[C@@H](Sc1nnc(-c2ccccc2)o1)C(=O)Nc1ccc(SC(F)F)cc1. The summed E-state index contributed by atoms with van der Waals surface area (Å²) in [5, 5.41) is 10.5. The van der Waals surface area contributed by atoms with E-state index in [2.05, 4.69) is 15.5 Å². The third-order valence-corrected chi connectivity index (χ3v) is 5.08. The van der Waals surface area contributed by atoms with Crippen molar-refractivity contribution in [3.05, 3.63) is 54.6 Å². The number of alkyl halides is 2. The van der Waals surface area contributed by atoms with Crippen LogP contribution in [0.15, 0.2) is 69.1 Å². The molecule has 1 aromatic heterocycles. The average molecular weight is 407 g/mol. The molecular weight excluding hydrogens is 392 g/mol. The minimum absolute atomic E-state index is 0.256. The molecule has 5 nitrogen and oxygen atoms in total. The first-order valence-electron chi connectivity index (χ1n) is 7.92. The van der Waals surface area contributed by atoms with E-state index in [0.29, 0.717) is 33.5 Å². The molecule has 0 saturated carbocycles. The van der Waals surface area contributed by atoms with Gasteiger partial charge in [-0.2, -0.15) is 8.78 Å². The first-order chi connectivity index (χ1) is 13.0. The molecule has 0 spiro atoms. The fraction of sp³-hybridized carbons (Fsp3) is 0.167. The normalized spacial score (nSPS) is 12.1. The number of carbonyl (C=O) groups is 1. The van der Waals surface area contributed by atoms with Gasteiger partial charge < -0.3 is 9.73 Å². The van der Waals surface area contributed by atoms with Crippen LogP contribution in [0.1, 0.15) is 6.92 Å². The fourth-order valence-corrected chi connectivity index (χ4v) is 3.31. The molecule has 0 saturated heterocycles. The summed E-state index contributed by atoms with van der Waals surface area (Å²) in [6, 6.07) is 15.6. The highest BCUT2D eigenvalue weighted by molar-refractivity contribution is 8.00. The molecule has 1 atom stereocenters. The van der Waals surface area contributed by atoms with Gasteiger partial charge in [0.1, 0.15) is 0 Å². The van der Waals surface area contributed by atoms with Crippen LogP contribution in [0.2, 0.25) is 0 Å². The Labute approximate surface area is 162 Å². The van der Waals surface area contributed by atoms with Crippen molar-refractivity contribution in [2.24, 2.45) is 0 Å². The van der Waals surface area contributed by atoms with Crippen LogP contribution < -0.4 is 5.32 Å². The molecule has 3 rings (SSSR count). The predicted octanol–water partition coefficient (Wildman–Crippen LogP) is 5.17. The summed E-state index contributed by atoms with van der Waals surface area (Å²) in [6.45, 7) is 1.72. The number of halogens is 2. The van der Waals surface area contributed by atoms with E-state index in [1.807, 2.05) is 30.3 Å². The van der Waals surface area contributed by atoms with Crippen LogP contribution in [0, 0.1) is 0 Å². The number of amides is 1. The van der Waals surface area contributed by atoms with Gasteiger partial charge in [-0.3, -0.25) is 4.79 Å². The summed E-state index contributed by atoms with van der Waals surface area (Å²) in [5.74, 6) is -2.34. The lowest BCUT2D eigenvalue weighted by Crippen LogP contribution is -2.22. The molecule has 0 bridgehead atoms. The van der Waals surface area contributed by atoms with E-state index in [-0.39, 0.29) is 5.91 Å². The summed E-state index contributed by atoms with van der Waals surface area (Å²) in [5.41, 5.74) is 1.33. The van der Waals surface area contributed by atoms with Crippen LogP contribution in [0.3, 0.4) is 0 Å². The summed E-state index contributed by atoms with van der Waals surface area (Å²) in [4.78, 5) is 12.7. The highest BCUT2D eigenvalue weighted by atomic mass is 32.2. The summed E-state index contributed by atoms with van der Waals surface area (Å²) >= 11 is 1.60. The molecular formula is C18H15F2N3O2S2. The molecule has 0 aliphatic rings. The zero-order valence-electron chi connectivity index (χ0n) is 14.1. The Balaban J connectivity index is 1.57. The number of aromatic nitrogens is 2. The van der Waals surface area contributed by atoms with Crippen LogP contribution >= 0.6 is 23.5 Å². The standard InChI is InChI=1S/C18H15F2N3O2S2/c1-11(15(24)21-13-7-9-14(10-8-13)27-17(19)20)26-18-23-22-16(25-18)12-5-3-2-4-6-12/h2-11,17H,1H3,(H,21,24)/t11-/m1/s1. The molecule has 0 aliphatic heterocycles. The largest absolute Gasteiger partial charge is 0.411 e. The maximum absolute atomic E-state index is 12.3. The number of hydrogen-bond donors (Lipinski definition) is 1. The maximum atomic E-state index is 12.3. The number of rotatable bonds is 7. The Morgan fingerprint density at radius 3 is 2.41 bits per heavy atom. The van der Waals surface area contributed by atoms with Gasteiger partial charge in [-0.1, -0.05) is 41.7 Å². The van der Waals surface area contributed by atoms with Gasteiger partial charge in [0, 0.05) is 16.1 Å². The molecule has 9 heteroatoms. The Morgan fingerprint density at radius 1 is 1.04 bits per heavy atom. The van der Waals surface area contributed by atoms with Crippen molar-refractivity contribution in [2.75, 3.05) is 5.32 Å². The average Bonchev–Trinajstić information content (AvgIpc) is 3.12. The monoisotopic (exact) mass is 407 g/mol. The van der Waals surface area contributed by atoms with E-state index in [0.717, 1.165) is 17.3 Å². The van der Waals surface area contributed by atoms with Gasteiger partial charge in [0.05, 0.1) is 5.25 Å². The van der Waals surface area contributed by atoms with Crippen molar-refractivity contribution in [2.45, 2.75) is 28.0 Å². The van der Waals surface area contributed by atoms with Crippen LogP contribution in [-0.2, 0) is 4.79 Å². The smallest absolute Gasteiger partial charge is 0.288 e. The number of anilines is 1. The number of carbonyl (C=O) groups excluding carboxylic acids is 1. The summed E-state index contributed by atoms with van der Waals surface area (Å²) < 4.78 is 30.2. The van der Waals surface area contributed by atoms with Crippen molar-refractivity contribution >= 4 is 35.1 Å². The van der Waals surface area contributed by atoms with Crippen LogP contribution in [-0.4, -0.2) is 27.1 Å². The Morgan fingerprint density at radius 2 is 1.74 bits per heavy atom. The first kappa shape index (κ1) is 19.4. The molecule has 3 aromatic rings. The molecule has 0 unspecified atom stereocenters. The molecule has 140 valence electrons. The number of nitrogens with zero attached hydrogens (tertiary/aromatic N) is 2. The maximum Gasteiger partial charge on any atom is 0.288 e. The number of nitrogens with one attached hydrogen (secondary N) is 1. The molecule has 1 N–H and O–H groups in total.